The highest BCUT2D eigenvalue weighted by molar-refractivity contribution is 7.18. The van der Waals surface area contributed by atoms with Gasteiger partial charge in [-0.2, -0.15) is 17.6 Å². The van der Waals surface area contributed by atoms with Gasteiger partial charge in [0.05, 0.1) is 5.02 Å². The van der Waals surface area contributed by atoms with Gasteiger partial charge in [-0.3, -0.25) is 9.59 Å². The first-order valence-electron chi connectivity index (χ1n) is 9.52. The minimum absolute atomic E-state index is 0.0135. The molecule has 1 atom stereocenters. The summed E-state index contributed by atoms with van der Waals surface area (Å²) in [6, 6.07) is 5.05. The maximum Gasteiger partial charge on any atom is 0.388 e. The number of amides is 1. The number of ether oxygens (including phenoxy) is 2. The minimum Gasteiger partial charge on any atom is -0.433 e. The predicted octanol–water partition coefficient (Wildman–Crippen LogP) is 4.22. The van der Waals surface area contributed by atoms with E-state index in [0.717, 1.165) is 23.6 Å². The second kappa shape index (κ2) is 10.7. The molecular formula is C20H16ClF4N5O4S. The van der Waals surface area contributed by atoms with Gasteiger partial charge in [0.15, 0.2) is 5.13 Å². The zero-order chi connectivity index (χ0) is 25.9. The summed E-state index contributed by atoms with van der Waals surface area (Å²) in [5.41, 5.74) is 11.6. The highest BCUT2D eigenvalue weighted by Crippen LogP contribution is 2.38. The van der Waals surface area contributed by atoms with Crippen molar-refractivity contribution in [1.29, 1.82) is 0 Å². The fourth-order valence-corrected chi connectivity index (χ4v) is 4.12. The van der Waals surface area contributed by atoms with E-state index in [9.17, 15) is 27.2 Å². The van der Waals surface area contributed by atoms with Crippen molar-refractivity contribution in [3.8, 4) is 11.6 Å². The van der Waals surface area contributed by atoms with Gasteiger partial charge < -0.3 is 25.8 Å². The lowest BCUT2D eigenvalue weighted by Gasteiger charge is -2.27. The molecule has 1 amide bonds. The Morgan fingerprint density at radius 1 is 1.11 bits per heavy atom. The fourth-order valence-electron chi connectivity index (χ4n) is 2.85. The van der Waals surface area contributed by atoms with E-state index in [1.807, 2.05) is 0 Å². The Morgan fingerprint density at radius 3 is 2.34 bits per heavy atom. The highest BCUT2D eigenvalue weighted by atomic mass is 35.5. The number of alkyl halides is 4. The summed E-state index contributed by atoms with van der Waals surface area (Å²) in [5.74, 6) is -2.25. The van der Waals surface area contributed by atoms with Gasteiger partial charge in [-0.1, -0.05) is 22.9 Å². The van der Waals surface area contributed by atoms with Crippen molar-refractivity contribution in [3.05, 3.63) is 52.0 Å². The first-order valence-corrected chi connectivity index (χ1v) is 10.7. The first kappa shape index (κ1) is 26.0. The molecule has 0 fully saturated rings. The van der Waals surface area contributed by atoms with E-state index in [4.69, 9.17) is 23.1 Å². The Labute approximate surface area is 204 Å². The number of ketones is 1. The molecule has 2 aromatic heterocycles. The van der Waals surface area contributed by atoms with Crippen LogP contribution in [0, 0.1) is 0 Å². The Hall–Kier alpha value is -3.65. The highest BCUT2D eigenvalue weighted by Gasteiger charge is 2.28. The number of nitrogen functional groups attached to an aromatic ring is 1. The summed E-state index contributed by atoms with van der Waals surface area (Å²) in [6.07, 6.45) is 1.03. The maximum atomic E-state index is 12.9. The quantitative estimate of drug-likeness (QED) is 0.292. The number of benzene rings is 1. The summed E-state index contributed by atoms with van der Waals surface area (Å²) in [6.45, 7) is -4.73. The predicted molar refractivity (Wildman–Crippen MR) is 120 cm³/mol. The van der Waals surface area contributed by atoms with Crippen LogP contribution >= 0.6 is 22.9 Å². The molecule has 3 rings (SSSR count). The summed E-state index contributed by atoms with van der Waals surface area (Å²) in [5, 5.41) is -0.108. The number of aromatic nitrogens is 2. The average molecular weight is 534 g/mol. The van der Waals surface area contributed by atoms with Crippen LogP contribution < -0.4 is 25.8 Å². The molecule has 0 saturated carbocycles. The maximum absolute atomic E-state index is 12.9. The third kappa shape index (κ3) is 6.08. The average Bonchev–Trinajstić information content (AvgIpc) is 3.16. The van der Waals surface area contributed by atoms with Crippen LogP contribution in [0.15, 0.2) is 36.5 Å². The van der Waals surface area contributed by atoms with E-state index in [0.29, 0.717) is 0 Å². The molecule has 35 heavy (non-hydrogen) atoms. The fraction of sp³-hybridized carbons (Fsp3) is 0.200. The van der Waals surface area contributed by atoms with Crippen molar-refractivity contribution >= 4 is 51.3 Å². The zero-order valence-electron chi connectivity index (χ0n) is 17.6. The van der Waals surface area contributed by atoms with Gasteiger partial charge in [0.25, 0.3) is 0 Å². The molecule has 186 valence electrons. The third-order valence-corrected chi connectivity index (χ3v) is 5.84. The van der Waals surface area contributed by atoms with Crippen LogP contribution in [0.2, 0.25) is 5.02 Å². The Balaban J connectivity index is 1.97. The van der Waals surface area contributed by atoms with Gasteiger partial charge in [-0.25, -0.2) is 9.97 Å². The number of rotatable bonds is 10. The smallest absolute Gasteiger partial charge is 0.388 e. The summed E-state index contributed by atoms with van der Waals surface area (Å²) in [4.78, 5) is 34.0. The van der Waals surface area contributed by atoms with Crippen LogP contribution in [0.5, 0.6) is 11.6 Å². The summed E-state index contributed by atoms with van der Waals surface area (Å²) < 4.78 is 58.2. The second-order valence-electron chi connectivity index (χ2n) is 6.75. The van der Waals surface area contributed by atoms with Crippen molar-refractivity contribution in [2.45, 2.75) is 26.2 Å². The molecule has 0 aliphatic carbocycles. The second-order valence-corrected chi connectivity index (χ2v) is 8.13. The van der Waals surface area contributed by atoms with E-state index in [1.54, 1.807) is 0 Å². The van der Waals surface area contributed by atoms with Gasteiger partial charge in [-0.15, -0.1) is 0 Å². The molecule has 0 unspecified atom stereocenters. The number of nitrogens with two attached hydrogens (primary N) is 2. The number of anilines is 3. The van der Waals surface area contributed by atoms with Crippen molar-refractivity contribution in [3.63, 3.8) is 0 Å². The number of halogens is 5. The zero-order valence-corrected chi connectivity index (χ0v) is 19.2. The van der Waals surface area contributed by atoms with Gasteiger partial charge in [0.2, 0.25) is 17.6 Å². The van der Waals surface area contributed by atoms with Gasteiger partial charge in [0.1, 0.15) is 22.5 Å². The topological polar surface area (TPSA) is 134 Å². The number of thiazole rings is 1. The van der Waals surface area contributed by atoms with Crippen molar-refractivity contribution in [2.75, 3.05) is 10.6 Å². The van der Waals surface area contributed by atoms with Crippen LogP contribution in [0.3, 0.4) is 0 Å². The SMILES string of the molecule is C[C@H](C(N)=O)N(c1ccc(OC(F)F)c(Cl)c1)c1nc(N)c(C(=O)c2ccc(OC(F)F)nc2)s1. The molecule has 0 bridgehead atoms. The molecule has 1 aromatic carbocycles. The molecule has 15 heteroatoms. The van der Waals surface area contributed by atoms with Crippen LogP contribution in [-0.2, 0) is 4.79 Å². The van der Waals surface area contributed by atoms with Crippen molar-refractivity contribution < 1.29 is 36.6 Å². The number of primary amides is 1. The molecule has 9 nitrogen and oxygen atoms in total. The monoisotopic (exact) mass is 533 g/mol. The van der Waals surface area contributed by atoms with Crippen molar-refractivity contribution in [1.82, 2.24) is 9.97 Å². The molecule has 3 aromatic rings. The van der Waals surface area contributed by atoms with Crippen LogP contribution in [0.4, 0.5) is 34.2 Å². The standard InChI is InChI=1S/C20H16ClF4N5O4S/c1-8(17(27)32)30(10-3-4-12(11(21)6-10)33-18(22)23)20-29-16(26)15(35-20)14(31)9-2-5-13(28-7-9)34-19(24)25/h2-8,18-19H,26H2,1H3,(H2,27,32)/t8-/m1/s1. The molecule has 4 N–H and O–H groups in total. The van der Waals surface area contributed by atoms with Gasteiger partial charge in [-0.05, 0) is 31.2 Å². The number of nitrogens with zero attached hydrogens (tertiary/aromatic N) is 3. The lowest BCUT2D eigenvalue weighted by Crippen LogP contribution is -2.39. The minimum atomic E-state index is -3.10. The first-order chi connectivity index (χ1) is 16.5. The third-order valence-electron chi connectivity index (χ3n) is 4.47. The van der Waals surface area contributed by atoms with Crippen LogP contribution in [0.1, 0.15) is 22.2 Å². The normalized spacial score (nSPS) is 12.0. The number of carbonyl (C=O) groups excluding carboxylic acids is 2. The lowest BCUT2D eigenvalue weighted by molar-refractivity contribution is -0.118. The molecule has 2 heterocycles. The van der Waals surface area contributed by atoms with Crippen LogP contribution in [-0.4, -0.2) is 40.9 Å². The van der Waals surface area contributed by atoms with Gasteiger partial charge >= 0.3 is 13.2 Å². The van der Waals surface area contributed by atoms with E-state index >= 15 is 0 Å². The molecule has 0 aliphatic heterocycles. The number of pyridine rings is 1. The summed E-state index contributed by atoms with van der Waals surface area (Å²) >= 11 is 6.85. The summed E-state index contributed by atoms with van der Waals surface area (Å²) in [7, 11) is 0. The largest absolute Gasteiger partial charge is 0.433 e. The molecule has 0 spiro atoms. The molecule has 0 radical (unpaired) electrons. The van der Waals surface area contributed by atoms with E-state index in [2.05, 4.69) is 19.4 Å². The molecule has 0 saturated heterocycles. The Morgan fingerprint density at radius 2 is 1.80 bits per heavy atom. The van der Waals surface area contributed by atoms with E-state index in [-0.39, 0.29) is 43.7 Å². The number of hydrogen-bond donors (Lipinski definition) is 2. The number of hydrogen-bond acceptors (Lipinski definition) is 9. The van der Waals surface area contributed by atoms with Crippen LogP contribution in [0.25, 0.3) is 0 Å². The molecular weight excluding hydrogens is 518 g/mol. The van der Waals surface area contributed by atoms with E-state index < -0.39 is 31.0 Å². The van der Waals surface area contributed by atoms with E-state index in [1.165, 1.54) is 36.1 Å². The molecule has 0 aliphatic rings. The van der Waals surface area contributed by atoms with Crippen molar-refractivity contribution in [2.24, 2.45) is 5.73 Å². The number of carbonyl (C=O) groups is 2. The van der Waals surface area contributed by atoms with Gasteiger partial charge in [0, 0.05) is 23.5 Å². The Kier molecular flexibility index (Phi) is 7.96. The Bertz CT molecular complexity index is 1230. The lowest BCUT2D eigenvalue weighted by atomic mass is 10.1.